The number of halogens is 2. The number of aliphatic imine (C=N–C) groups is 1. The van der Waals surface area contributed by atoms with Gasteiger partial charge in [0.15, 0.2) is 5.96 Å². The van der Waals surface area contributed by atoms with Gasteiger partial charge in [-0.3, -0.25) is 4.99 Å². The first-order valence-corrected chi connectivity index (χ1v) is 10.5. The van der Waals surface area contributed by atoms with Gasteiger partial charge in [-0.05, 0) is 74.8 Å². The molecule has 0 saturated carbocycles. The first-order valence-electron chi connectivity index (χ1n) is 9.68. The fourth-order valence-electron chi connectivity index (χ4n) is 3.14. The normalized spacial score (nSPS) is 17.4. The van der Waals surface area contributed by atoms with Crippen LogP contribution in [0.4, 0.5) is 5.69 Å². The van der Waals surface area contributed by atoms with Crippen molar-refractivity contribution in [1.82, 2.24) is 15.5 Å². The van der Waals surface area contributed by atoms with E-state index in [0.717, 1.165) is 49.5 Å². The molecule has 27 heavy (non-hydrogen) atoms. The van der Waals surface area contributed by atoms with Crippen molar-refractivity contribution in [2.24, 2.45) is 4.99 Å². The molecule has 2 rings (SSSR count). The number of hydrogen-bond donors (Lipinski definition) is 2. The predicted molar refractivity (Wildman–Crippen MR) is 132 cm³/mol. The smallest absolute Gasteiger partial charge is 0.191 e. The first-order chi connectivity index (χ1) is 12.5. The molecular weight excluding hydrogens is 517 g/mol. The van der Waals surface area contributed by atoms with Crippen LogP contribution in [0, 0.1) is 0 Å². The minimum Gasteiger partial charge on any atom is -0.368 e. The molecule has 1 aromatic rings. The van der Waals surface area contributed by atoms with Gasteiger partial charge in [0, 0.05) is 43.2 Å². The van der Waals surface area contributed by atoms with Crippen LogP contribution >= 0.6 is 39.9 Å². The monoisotopic (exact) mass is 551 g/mol. The second-order valence-electron chi connectivity index (χ2n) is 7.31. The highest BCUT2D eigenvalue weighted by Crippen LogP contribution is 2.28. The van der Waals surface area contributed by atoms with Crippen LogP contribution in [-0.2, 0) is 0 Å². The van der Waals surface area contributed by atoms with Gasteiger partial charge in [0.25, 0.3) is 0 Å². The molecule has 0 amide bonds. The maximum atomic E-state index is 4.38. The predicted octanol–water partition coefficient (Wildman–Crippen LogP) is 3.93. The Kier molecular flexibility index (Phi) is 11.6. The Morgan fingerprint density at radius 2 is 2.07 bits per heavy atom. The lowest BCUT2D eigenvalue weighted by atomic mass is 10.2. The molecule has 1 fully saturated rings. The molecule has 7 heteroatoms. The number of unbranched alkanes of at least 4 members (excludes halogenated alkanes) is 1. The second kappa shape index (κ2) is 12.8. The third kappa shape index (κ3) is 8.15. The highest BCUT2D eigenvalue weighted by molar-refractivity contribution is 14.0. The van der Waals surface area contributed by atoms with E-state index >= 15 is 0 Å². The molecule has 1 aliphatic heterocycles. The number of para-hydroxylation sites is 1. The Morgan fingerprint density at radius 1 is 1.33 bits per heavy atom. The van der Waals surface area contributed by atoms with Gasteiger partial charge >= 0.3 is 0 Å². The van der Waals surface area contributed by atoms with Crippen molar-refractivity contribution in [2.75, 3.05) is 45.2 Å². The fraction of sp³-hybridized carbons (Fsp3) is 0.650. The molecule has 1 saturated heterocycles. The lowest BCUT2D eigenvalue weighted by Gasteiger charge is -2.22. The topological polar surface area (TPSA) is 42.9 Å². The summed E-state index contributed by atoms with van der Waals surface area (Å²) in [5.74, 6) is 0.918. The minimum atomic E-state index is 0. The van der Waals surface area contributed by atoms with E-state index in [2.05, 4.69) is 86.5 Å². The van der Waals surface area contributed by atoms with Gasteiger partial charge in [-0.2, -0.15) is 0 Å². The third-order valence-corrected chi connectivity index (χ3v) is 5.73. The number of guanidine groups is 1. The zero-order chi connectivity index (χ0) is 18.9. The van der Waals surface area contributed by atoms with Crippen LogP contribution in [0.15, 0.2) is 33.7 Å². The number of anilines is 1. The largest absolute Gasteiger partial charge is 0.368 e. The summed E-state index contributed by atoms with van der Waals surface area (Å²) in [6.07, 6.45) is 3.49. The van der Waals surface area contributed by atoms with E-state index in [1.807, 2.05) is 7.05 Å². The molecule has 1 atom stereocenters. The molecule has 154 valence electrons. The van der Waals surface area contributed by atoms with Crippen LogP contribution in [-0.4, -0.2) is 63.2 Å². The number of benzene rings is 1. The SMILES string of the molecule is CN=C(NCCCCN(C)C(C)C)NC1CCN(c2ccccc2Br)C1.I. The van der Waals surface area contributed by atoms with Crippen molar-refractivity contribution in [1.29, 1.82) is 0 Å². The lowest BCUT2D eigenvalue weighted by molar-refractivity contribution is 0.268. The Hall–Kier alpha value is -0.540. The molecule has 0 bridgehead atoms. The van der Waals surface area contributed by atoms with Crippen LogP contribution in [0.3, 0.4) is 0 Å². The van der Waals surface area contributed by atoms with E-state index in [4.69, 9.17) is 0 Å². The van der Waals surface area contributed by atoms with Gasteiger partial charge in [0.2, 0.25) is 0 Å². The van der Waals surface area contributed by atoms with Gasteiger partial charge in [-0.1, -0.05) is 12.1 Å². The zero-order valence-corrected chi connectivity index (χ0v) is 21.0. The van der Waals surface area contributed by atoms with Crippen molar-refractivity contribution in [3.63, 3.8) is 0 Å². The Balaban J connectivity index is 0.00000364. The van der Waals surface area contributed by atoms with Crippen molar-refractivity contribution in [3.8, 4) is 0 Å². The number of rotatable bonds is 8. The lowest BCUT2D eigenvalue weighted by Crippen LogP contribution is -2.45. The highest BCUT2D eigenvalue weighted by Gasteiger charge is 2.24. The highest BCUT2D eigenvalue weighted by atomic mass is 127. The van der Waals surface area contributed by atoms with Crippen molar-refractivity contribution >= 4 is 51.6 Å². The molecule has 1 heterocycles. The summed E-state index contributed by atoms with van der Waals surface area (Å²) < 4.78 is 1.16. The molecule has 1 unspecified atom stereocenters. The Labute approximate surface area is 190 Å². The first kappa shape index (κ1) is 24.5. The molecule has 1 aromatic carbocycles. The van der Waals surface area contributed by atoms with Crippen LogP contribution in [0.25, 0.3) is 0 Å². The number of hydrogen-bond acceptors (Lipinski definition) is 3. The summed E-state index contributed by atoms with van der Waals surface area (Å²) in [6, 6.07) is 9.48. The summed E-state index contributed by atoms with van der Waals surface area (Å²) >= 11 is 3.66. The molecule has 0 spiro atoms. The maximum absolute atomic E-state index is 4.38. The third-order valence-electron chi connectivity index (χ3n) is 5.06. The van der Waals surface area contributed by atoms with Crippen LogP contribution in [0.5, 0.6) is 0 Å². The van der Waals surface area contributed by atoms with Crippen molar-refractivity contribution < 1.29 is 0 Å². The van der Waals surface area contributed by atoms with Gasteiger partial charge in [0.1, 0.15) is 0 Å². The van der Waals surface area contributed by atoms with Gasteiger partial charge in [0.05, 0.1) is 5.69 Å². The van der Waals surface area contributed by atoms with Gasteiger partial charge in [-0.25, -0.2) is 0 Å². The van der Waals surface area contributed by atoms with E-state index in [9.17, 15) is 0 Å². The van der Waals surface area contributed by atoms with Crippen LogP contribution in [0.1, 0.15) is 33.1 Å². The van der Waals surface area contributed by atoms with Gasteiger partial charge in [-0.15, -0.1) is 24.0 Å². The van der Waals surface area contributed by atoms with Crippen LogP contribution in [0.2, 0.25) is 0 Å². The summed E-state index contributed by atoms with van der Waals surface area (Å²) in [5, 5.41) is 7.03. The van der Waals surface area contributed by atoms with E-state index in [0.29, 0.717) is 12.1 Å². The molecule has 0 aliphatic carbocycles. The number of nitrogens with one attached hydrogen (secondary N) is 2. The average Bonchev–Trinajstić information content (AvgIpc) is 3.08. The van der Waals surface area contributed by atoms with Crippen LogP contribution < -0.4 is 15.5 Å². The molecule has 0 radical (unpaired) electrons. The summed E-state index contributed by atoms with van der Waals surface area (Å²) in [5.41, 5.74) is 1.27. The standard InChI is InChI=1S/C20H34BrN5.HI/c1-16(2)25(4)13-8-7-12-23-20(22-3)24-17-11-14-26(15-17)19-10-6-5-9-18(19)21;/h5-6,9-10,16-17H,7-8,11-15H2,1-4H3,(H2,22,23,24);1H. The Bertz CT molecular complexity index is 581. The minimum absolute atomic E-state index is 0. The molecule has 0 aromatic heterocycles. The molecular formula is C20H35BrIN5. The quantitative estimate of drug-likeness (QED) is 0.222. The van der Waals surface area contributed by atoms with Crippen molar-refractivity contribution in [3.05, 3.63) is 28.7 Å². The fourth-order valence-corrected chi connectivity index (χ4v) is 3.68. The maximum Gasteiger partial charge on any atom is 0.191 e. The second-order valence-corrected chi connectivity index (χ2v) is 8.16. The summed E-state index contributed by atoms with van der Waals surface area (Å²) in [7, 11) is 4.04. The van der Waals surface area contributed by atoms with Crippen molar-refractivity contribution in [2.45, 2.75) is 45.2 Å². The molecule has 2 N–H and O–H groups in total. The molecule has 5 nitrogen and oxygen atoms in total. The van der Waals surface area contributed by atoms with E-state index in [-0.39, 0.29) is 24.0 Å². The average molecular weight is 552 g/mol. The summed E-state index contributed by atoms with van der Waals surface area (Å²) in [4.78, 5) is 9.20. The van der Waals surface area contributed by atoms with E-state index < -0.39 is 0 Å². The number of nitrogens with zero attached hydrogens (tertiary/aromatic N) is 3. The van der Waals surface area contributed by atoms with E-state index in [1.165, 1.54) is 12.1 Å². The molecule has 1 aliphatic rings. The zero-order valence-electron chi connectivity index (χ0n) is 17.0. The Morgan fingerprint density at radius 3 is 2.74 bits per heavy atom. The van der Waals surface area contributed by atoms with Gasteiger partial charge < -0.3 is 20.4 Å². The van der Waals surface area contributed by atoms with E-state index in [1.54, 1.807) is 0 Å². The summed E-state index contributed by atoms with van der Waals surface area (Å²) in [6.45, 7) is 8.66.